The average molecular weight is 256 g/mol. The topological polar surface area (TPSA) is 29.0 Å². The van der Waals surface area contributed by atoms with Gasteiger partial charge in [-0.3, -0.25) is 0 Å². The minimum absolute atomic E-state index is 0.465. The first kappa shape index (κ1) is 14.2. The number of hydrogen-bond donors (Lipinski definition) is 0. The molecule has 1 unspecified atom stereocenters. The molecule has 1 rings (SSSR count). The molecule has 0 aliphatic rings. The van der Waals surface area contributed by atoms with Gasteiger partial charge >= 0.3 is 0 Å². The van der Waals surface area contributed by atoms with E-state index in [0.717, 1.165) is 31.1 Å². The maximum atomic E-state index is 5.88. The van der Waals surface area contributed by atoms with Crippen LogP contribution in [0.5, 0.6) is 0 Å². The Morgan fingerprint density at radius 3 is 2.71 bits per heavy atom. The highest BCUT2D eigenvalue weighted by Crippen LogP contribution is 2.18. The minimum Gasteiger partial charge on any atom is -0.370 e. The monoisotopic (exact) mass is 255 g/mol. The van der Waals surface area contributed by atoms with E-state index in [4.69, 9.17) is 11.6 Å². The molecule has 4 heteroatoms. The molecule has 1 atom stereocenters. The fourth-order valence-corrected chi connectivity index (χ4v) is 1.88. The molecule has 0 fully saturated rings. The number of nitrogens with zero attached hydrogens (tertiary/aromatic N) is 3. The molecule has 17 heavy (non-hydrogen) atoms. The molecule has 0 spiro atoms. The Morgan fingerprint density at radius 2 is 2.12 bits per heavy atom. The summed E-state index contributed by atoms with van der Waals surface area (Å²) in [4.78, 5) is 2.34. The van der Waals surface area contributed by atoms with E-state index in [1.54, 1.807) is 6.20 Å². The maximum Gasteiger partial charge on any atom is 0.153 e. The molecule has 1 aromatic rings. The molecule has 0 saturated heterocycles. The highest BCUT2D eigenvalue weighted by Gasteiger charge is 2.08. The molecular weight excluding hydrogens is 234 g/mol. The van der Waals surface area contributed by atoms with Crippen LogP contribution in [0, 0.1) is 5.92 Å². The molecule has 1 heterocycles. The van der Waals surface area contributed by atoms with E-state index in [9.17, 15) is 0 Å². The van der Waals surface area contributed by atoms with Gasteiger partial charge in [-0.2, -0.15) is 5.10 Å². The van der Waals surface area contributed by atoms with Crippen molar-refractivity contribution in [3.63, 3.8) is 0 Å². The van der Waals surface area contributed by atoms with Crippen molar-refractivity contribution in [2.24, 2.45) is 5.92 Å². The van der Waals surface area contributed by atoms with Crippen molar-refractivity contribution in [1.82, 2.24) is 10.2 Å². The highest BCUT2D eigenvalue weighted by atomic mass is 35.5. The van der Waals surface area contributed by atoms with Gasteiger partial charge in [0.2, 0.25) is 0 Å². The zero-order valence-corrected chi connectivity index (χ0v) is 11.7. The summed E-state index contributed by atoms with van der Waals surface area (Å²) < 4.78 is 0. The SMILES string of the molecule is CCCN(CCC(C)CC)c1cnnc(Cl)c1. The number of anilines is 1. The molecule has 3 nitrogen and oxygen atoms in total. The zero-order chi connectivity index (χ0) is 12.7. The summed E-state index contributed by atoms with van der Waals surface area (Å²) in [7, 11) is 0. The van der Waals surface area contributed by atoms with Crippen molar-refractivity contribution in [3.05, 3.63) is 17.4 Å². The standard InChI is InChI=1S/C13H22ClN3/c1-4-7-17(8-6-11(3)5-2)12-9-13(14)16-15-10-12/h9-11H,4-8H2,1-3H3. The Hall–Kier alpha value is -0.830. The number of halogens is 1. The second kappa shape index (κ2) is 7.49. The predicted octanol–water partition coefficient (Wildman–Crippen LogP) is 3.78. The Labute approximate surface area is 109 Å². The lowest BCUT2D eigenvalue weighted by atomic mass is 10.0. The van der Waals surface area contributed by atoms with E-state index in [0.29, 0.717) is 5.15 Å². The van der Waals surface area contributed by atoms with Gasteiger partial charge in [0.25, 0.3) is 0 Å². The average Bonchev–Trinajstić information content (AvgIpc) is 2.34. The van der Waals surface area contributed by atoms with Crippen molar-refractivity contribution in [1.29, 1.82) is 0 Å². The summed E-state index contributed by atoms with van der Waals surface area (Å²) in [5.41, 5.74) is 1.08. The van der Waals surface area contributed by atoms with Gasteiger partial charge in [-0.05, 0) is 18.8 Å². The van der Waals surface area contributed by atoms with E-state index in [1.165, 1.54) is 12.8 Å². The number of rotatable bonds is 7. The Kier molecular flexibility index (Phi) is 6.27. The van der Waals surface area contributed by atoms with Crippen LogP contribution < -0.4 is 4.90 Å². The van der Waals surface area contributed by atoms with Gasteiger partial charge in [-0.25, -0.2) is 0 Å². The van der Waals surface area contributed by atoms with Crippen molar-refractivity contribution in [2.45, 2.75) is 40.0 Å². The minimum atomic E-state index is 0.465. The Balaban J connectivity index is 2.64. The maximum absolute atomic E-state index is 5.88. The summed E-state index contributed by atoms with van der Waals surface area (Å²) in [5, 5.41) is 8.16. The smallest absolute Gasteiger partial charge is 0.153 e. The molecule has 0 aliphatic heterocycles. The second-order valence-electron chi connectivity index (χ2n) is 4.53. The van der Waals surface area contributed by atoms with Crippen LogP contribution in [0.4, 0.5) is 5.69 Å². The molecule has 0 saturated carbocycles. The van der Waals surface area contributed by atoms with Crippen molar-refractivity contribution >= 4 is 17.3 Å². The van der Waals surface area contributed by atoms with Crippen molar-refractivity contribution in [2.75, 3.05) is 18.0 Å². The molecule has 0 amide bonds. The van der Waals surface area contributed by atoms with Crippen molar-refractivity contribution < 1.29 is 0 Å². The first-order valence-electron chi connectivity index (χ1n) is 6.40. The predicted molar refractivity (Wildman–Crippen MR) is 73.6 cm³/mol. The summed E-state index contributed by atoms with van der Waals surface area (Å²) in [6.07, 6.45) is 5.35. The van der Waals surface area contributed by atoms with E-state index in [2.05, 4.69) is 35.9 Å². The normalized spacial score (nSPS) is 12.5. The summed E-state index contributed by atoms with van der Waals surface area (Å²) in [5.74, 6) is 0.764. The summed E-state index contributed by atoms with van der Waals surface area (Å²) >= 11 is 5.88. The van der Waals surface area contributed by atoms with Crippen LogP contribution in [-0.4, -0.2) is 23.3 Å². The van der Waals surface area contributed by atoms with Crippen LogP contribution in [-0.2, 0) is 0 Å². The van der Waals surface area contributed by atoms with E-state index < -0.39 is 0 Å². The van der Waals surface area contributed by atoms with Gasteiger partial charge in [-0.1, -0.05) is 38.8 Å². The van der Waals surface area contributed by atoms with Crippen molar-refractivity contribution in [3.8, 4) is 0 Å². The number of aromatic nitrogens is 2. The first-order valence-corrected chi connectivity index (χ1v) is 6.78. The van der Waals surface area contributed by atoms with Crippen LogP contribution in [0.25, 0.3) is 0 Å². The van der Waals surface area contributed by atoms with Gasteiger partial charge in [0.15, 0.2) is 5.15 Å². The molecule has 96 valence electrons. The quantitative estimate of drug-likeness (QED) is 0.743. The lowest BCUT2D eigenvalue weighted by Crippen LogP contribution is -2.26. The fourth-order valence-electron chi connectivity index (χ4n) is 1.72. The lowest BCUT2D eigenvalue weighted by molar-refractivity contribution is 0.510. The fraction of sp³-hybridized carbons (Fsp3) is 0.692. The summed E-state index contributed by atoms with van der Waals surface area (Å²) in [6.45, 7) is 8.82. The van der Waals surface area contributed by atoms with Crippen LogP contribution in [0.3, 0.4) is 0 Å². The third-order valence-electron chi connectivity index (χ3n) is 3.06. The van der Waals surface area contributed by atoms with E-state index in [1.807, 2.05) is 6.07 Å². The molecule has 0 bridgehead atoms. The highest BCUT2D eigenvalue weighted by molar-refractivity contribution is 6.29. The van der Waals surface area contributed by atoms with Crippen LogP contribution in [0.15, 0.2) is 12.3 Å². The Morgan fingerprint density at radius 1 is 1.35 bits per heavy atom. The van der Waals surface area contributed by atoms with Crippen LogP contribution in [0.1, 0.15) is 40.0 Å². The van der Waals surface area contributed by atoms with Gasteiger partial charge < -0.3 is 4.90 Å². The third-order valence-corrected chi connectivity index (χ3v) is 3.24. The third kappa shape index (κ3) is 4.90. The van der Waals surface area contributed by atoms with Crippen LogP contribution in [0.2, 0.25) is 5.15 Å². The lowest BCUT2D eigenvalue weighted by Gasteiger charge is -2.25. The molecular formula is C13H22ClN3. The largest absolute Gasteiger partial charge is 0.370 e. The molecule has 0 radical (unpaired) electrons. The number of hydrogen-bond acceptors (Lipinski definition) is 3. The van der Waals surface area contributed by atoms with E-state index in [-0.39, 0.29) is 0 Å². The Bertz CT molecular complexity index is 330. The van der Waals surface area contributed by atoms with Gasteiger partial charge in [0.1, 0.15) is 0 Å². The molecule has 0 aromatic carbocycles. The second-order valence-corrected chi connectivity index (χ2v) is 4.91. The summed E-state index contributed by atoms with van der Waals surface area (Å²) in [6, 6.07) is 1.89. The van der Waals surface area contributed by atoms with Gasteiger partial charge in [-0.15, -0.1) is 5.10 Å². The first-order chi connectivity index (χ1) is 8.17. The van der Waals surface area contributed by atoms with Crippen LogP contribution >= 0.6 is 11.6 Å². The van der Waals surface area contributed by atoms with Gasteiger partial charge in [0.05, 0.1) is 11.9 Å². The van der Waals surface area contributed by atoms with Gasteiger partial charge in [0, 0.05) is 19.2 Å². The van der Waals surface area contributed by atoms with E-state index >= 15 is 0 Å². The molecule has 0 N–H and O–H groups in total. The zero-order valence-electron chi connectivity index (χ0n) is 11.0. The molecule has 1 aromatic heterocycles. The molecule has 0 aliphatic carbocycles.